The van der Waals surface area contributed by atoms with Crippen molar-refractivity contribution in [2.75, 3.05) is 7.11 Å². The Morgan fingerprint density at radius 3 is 1.86 bits per heavy atom. The summed E-state index contributed by atoms with van der Waals surface area (Å²) >= 11 is 0. The van der Waals surface area contributed by atoms with Crippen LogP contribution in [0.15, 0.2) is 103 Å². The maximum atomic E-state index is 11.9. The molecule has 0 spiro atoms. The van der Waals surface area contributed by atoms with Crippen molar-refractivity contribution >= 4 is 0 Å². The molecule has 28 heavy (non-hydrogen) atoms. The van der Waals surface area contributed by atoms with Crippen molar-refractivity contribution in [2.45, 2.75) is 5.60 Å². The number of pyridine rings is 1. The van der Waals surface area contributed by atoms with Crippen molar-refractivity contribution in [3.05, 3.63) is 120 Å². The quantitative estimate of drug-likeness (QED) is 0.537. The minimum Gasteiger partial charge on any atom is -0.496 e. The number of rotatable bonds is 5. The fourth-order valence-corrected chi connectivity index (χ4v) is 3.46. The number of benzene rings is 3. The highest BCUT2D eigenvalue weighted by Gasteiger charge is 2.35. The van der Waals surface area contributed by atoms with Crippen LogP contribution in [-0.2, 0) is 5.60 Å². The molecular formula is C25H21NO2. The van der Waals surface area contributed by atoms with Gasteiger partial charge in [-0.05, 0) is 35.4 Å². The summed E-state index contributed by atoms with van der Waals surface area (Å²) in [6, 6.07) is 32.7. The molecule has 3 heteroatoms. The molecule has 0 saturated heterocycles. The third-order valence-corrected chi connectivity index (χ3v) is 4.89. The largest absolute Gasteiger partial charge is 0.496 e. The third kappa shape index (κ3) is 3.17. The smallest absolute Gasteiger partial charge is 0.157 e. The molecule has 1 aromatic heterocycles. The molecule has 1 N–H and O–H groups in total. The Hall–Kier alpha value is -3.43. The number of hydrogen-bond donors (Lipinski definition) is 1. The maximum Gasteiger partial charge on any atom is 0.157 e. The van der Waals surface area contributed by atoms with Crippen LogP contribution < -0.4 is 4.74 Å². The van der Waals surface area contributed by atoms with E-state index in [1.165, 1.54) is 0 Å². The molecule has 0 aliphatic rings. The van der Waals surface area contributed by atoms with Crippen molar-refractivity contribution in [1.29, 1.82) is 0 Å². The molecule has 0 saturated carbocycles. The Morgan fingerprint density at radius 2 is 1.25 bits per heavy atom. The van der Waals surface area contributed by atoms with Gasteiger partial charge >= 0.3 is 0 Å². The fourth-order valence-electron chi connectivity index (χ4n) is 3.46. The zero-order valence-corrected chi connectivity index (χ0v) is 15.6. The lowest BCUT2D eigenvalue weighted by Gasteiger charge is -2.29. The van der Waals surface area contributed by atoms with Gasteiger partial charge in [0, 0.05) is 5.56 Å². The van der Waals surface area contributed by atoms with Crippen molar-refractivity contribution in [2.24, 2.45) is 0 Å². The maximum absolute atomic E-state index is 11.9. The summed E-state index contributed by atoms with van der Waals surface area (Å²) in [5.41, 5.74) is 2.38. The van der Waals surface area contributed by atoms with Crippen molar-refractivity contribution in [3.63, 3.8) is 0 Å². The van der Waals surface area contributed by atoms with Crippen LogP contribution in [0.1, 0.15) is 16.8 Å². The Kier molecular flexibility index (Phi) is 4.92. The Balaban J connectivity index is 1.92. The molecule has 3 nitrogen and oxygen atoms in total. The lowest BCUT2D eigenvalue weighted by Crippen LogP contribution is -2.30. The average Bonchev–Trinajstić information content (AvgIpc) is 2.79. The molecule has 0 amide bonds. The van der Waals surface area contributed by atoms with E-state index >= 15 is 0 Å². The van der Waals surface area contributed by atoms with E-state index in [0.29, 0.717) is 5.69 Å². The first-order valence-corrected chi connectivity index (χ1v) is 9.18. The summed E-state index contributed by atoms with van der Waals surface area (Å²) in [4.78, 5) is 4.85. The molecule has 0 atom stereocenters. The van der Waals surface area contributed by atoms with Gasteiger partial charge in [-0.2, -0.15) is 0 Å². The molecule has 4 aromatic rings. The normalized spacial score (nSPS) is 11.2. The number of nitrogens with zero attached hydrogens (tertiary/aromatic N) is 1. The average molecular weight is 367 g/mol. The van der Waals surface area contributed by atoms with E-state index < -0.39 is 5.60 Å². The zero-order chi connectivity index (χ0) is 19.4. The van der Waals surface area contributed by atoms with Gasteiger partial charge in [-0.25, -0.2) is 4.98 Å². The first-order valence-electron chi connectivity index (χ1n) is 9.18. The highest BCUT2D eigenvalue weighted by molar-refractivity contribution is 5.67. The van der Waals surface area contributed by atoms with Gasteiger partial charge in [0.05, 0.1) is 18.5 Å². The molecular weight excluding hydrogens is 346 g/mol. The van der Waals surface area contributed by atoms with Gasteiger partial charge in [-0.15, -0.1) is 0 Å². The third-order valence-electron chi connectivity index (χ3n) is 4.89. The van der Waals surface area contributed by atoms with E-state index in [1.807, 2.05) is 103 Å². The number of aliphatic hydroxyl groups is 1. The summed E-state index contributed by atoms with van der Waals surface area (Å²) < 4.78 is 5.49. The van der Waals surface area contributed by atoms with E-state index in [4.69, 9.17) is 9.72 Å². The van der Waals surface area contributed by atoms with Gasteiger partial charge in [0.15, 0.2) is 5.60 Å². The van der Waals surface area contributed by atoms with Crippen molar-refractivity contribution in [3.8, 4) is 17.0 Å². The molecule has 0 aliphatic heterocycles. The first-order chi connectivity index (χ1) is 13.7. The summed E-state index contributed by atoms with van der Waals surface area (Å²) in [6.07, 6.45) is 0. The van der Waals surface area contributed by atoms with Gasteiger partial charge in [-0.3, -0.25) is 0 Å². The van der Waals surface area contributed by atoms with E-state index in [0.717, 1.165) is 28.1 Å². The topological polar surface area (TPSA) is 42.4 Å². The molecule has 4 rings (SSSR count). The van der Waals surface area contributed by atoms with Crippen LogP contribution in [0.4, 0.5) is 0 Å². The monoisotopic (exact) mass is 367 g/mol. The van der Waals surface area contributed by atoms with Gasteiger partial charge in [0.2, 0.25) is 0 Å². The number of methoxy groups -OCH3 is 1. The first kappa shape index (κ1) is 18.0. The van der Waals surface area contributed by atoms with E-state index in [2.05, 4.69) is 0 Å². The number of para-hydroxylation sites is 1. The Morgan fingerprint density at radius 1 is 0.679 bits per heavy atom. The second kappa shape index (κ2) is 7.67. The second-order valence-electron chi connectivity index (χ2n) is 6.55. The Bertz CT molecular complexity index is 1020. The Labute approximate surface area is 164 Å². The predicted molar refractivity (Wildman–Crippen MR) is 111 cm³/mol. The minimum atomic E-state index is -1.36. The summed E-state index contributed by atoms with van der Waals surface area (Å²) in [6.45, 7) is 0. The highest BCUT2D eigenvalue weighted by Crippen LogP contribution is 2.37. The van der Waals surface area contributed by atoms with Crippen LogP contribution >= 0.6 is 0 Å². The van der Waals surface area contributed by atoms with Gasteiger partial charge in [0.25, 0.3) is 0 Å². The van der Waals surface area contributed by atoms with Crippen LogP contribution in [0, 0.1) is 0 Å². The molecule has 138 valence electrons. The minimum absolute atomic E-state index is 0.563. The molecule has 0 radical (unpaired) electrons. The van der Waals surface area contributed by atoms with Crippen LogP contribution in [0.5, 0.6) is 5.75 Å². The van der Waals surface area contributed by atoms with Crippen LogP contribution in [0.2, 0.25) is 0 Å². The summed E-state index contributed by atoms with van der Waals surface area (Å²) in [7, 11) is 1.65. The highest BCUT2D eigenvalue weighted by atomic mass is 16.5. The summed E-state index contributed by atoms with van der Waals surface area (Å²) in [5, 5.41) is 11.9. The lowest BCUT2D eigenvalue weighted by molar-refractivity contribution is 0.121. The van der Waals surface area contributed by atoms with Gasteiger partial charge in [0.1, 0.15) is 5.75 Å². The van der Waals surface area contributed by atoms with Crippen LogP contribution in [0.25, 0.3) is 11.3 Å². The zero-order valence-electron chi connectivity index (χ0n) is 15.6. The van der Waals surface area contributed by atoms with Crippen molar-refractivity contribution < 1.29 is 9.84 Å². The number of ether oxygens (including phenoxy) is 1. The number of aromatic nitrogens is 1. The van der Waals surface area contributed by atoms with E-state index in [9.17, 15) is 5.11 Å². The molecule has 1 heterocycles. The molecule has 3 aromatic carbocycles. The lowest BCUT2D eigenvalue weighted by atomic mass is 9.83. The predicted octanol–water partition coefficient (Wildman–Crippen LogP) is 5.04. The van der Waals surface area contributed by atoms with Crippen molar-refractivity contribution in [1.82, 2.24) is 4.98 Å². The van der Waals surface area contributed by atoms with Crippen LogP contribution in [-0.4, -0.2) is 17.2 Å². The fraction of sp³-hybridized carbons (Fsp3) is 0.0800. The molecule has 0 unspecified atom stereocenters. The van der Waals surface area contributed by atoms with Crippen LogP contribution in [0.3, 0.4) is 0 Å². The standard InChI is InChI=1S/C25H21NO2/c1-28-23-17-9-8-15-21(23)22-16-10-18-24(26-22)25(27,19-11-4-2-5-12-19)20-13-6-3-7-14-20/h2-18,27H,1H3. The molecule has 0 aliphatic carbocycles. The molecule has 0 bridgehead atoms. The second-order valence-corrected chi connectivity index (χ2v) is 6.55. The van der Waals surface area contributed by atoms with Gasteiger partial charge < -0.3 is 9.84 Å². The summed E-state index contributed by atoms with van der Waals surface area (Å²) in [5.74, 6) is 0.745. The molecule has 0 fully saturated rings. The van der Waals surface area contributed by atoms with E-state index in [1.54, 1.807) is 7.11 Å². The van der Waals surface area contributed by atoms with Gasteiger partial charge in [-0.1, -0.05) is 78.9 Å². The van der Waals surface area contributed by atoms with E-state index in [-0.39, 0.29) is 0 Å². The number of hydrogen-bond acceptors (Lipinski definition) is 3. The SMILES string of the molecule is COc1ccccc1-c1cccc(C(O)(c2ccccc2)c2ccccc2)n1.